The van der Waals surface area contributed by atoms with Gasteiger partial charge < -0.3 is 8.80 Å². The second-order valence-corrected chi connectivity index (χ2v) is 5.46. The molecule has 0 fully saturated rings. The highest BCUT2D eigenvalue weighted by Crippen LogP contribution is 2.31. The first-order valence-electron chi connectivity index (χ1n) is 7.05. The summed E-state index contributed by atoms with van der Waals surface area (Å²) in [6, 6.07) is 14.9. The lowest BCUT2D eigenvalue weighted by molar-refractivity contribution is 0.0972. The third-order valence-corrected chi connectivity index (χ3v) is 4.28. The average Bonchev–Trinajstić information content (AvgIpc) is 3.12. The van der Waals surface area contributed by atoms with Crippen LogP contribution in [0.15, 0.2) is 60.9 Å². The molecule has 1 aliphatic rings. The molecule has 0 N–H and O–H groups in total. The molecular weight excluding hydrogens is 276 g/mol. The molecule has 22 heavy (non-hydrogen) atoms. The number of fused-ring (bicyclic) bond motifs is 6. The molecule has 1 aliphatic carbocycles. The summed E-state index contributed by atoms with van der Waals surface area (Å²) in [5, 5.41) is 0. The van der Waals surface area contributed by atoms with Crippen LogP contribution in [0, 0.1) is 0 Å². The van der Waals surface area contributed by atoms with E-state index in [4.69, 9.17) is 0 Å². The molecule has 0 spiro atoms. The van der Waals surface area contributed by atoms with Crippen molar-refractivity contribution in [2.24, 2.45) is 0 Å². The fraction of sp³-hybridized carbons (Fsp3) is 0. The van der Waals surface area contributed by atoms with Crippen LogP contribution in [0.25, 0.3) is 11.0 Å². The fourth-order valence-corrected chi connectivity index (χ4v) is 3.31. The van der Waals surface area contributed by atoms with Crippen molar-refractivity contribution in [3.05, 3.63) is 83.4 Å². The number of pyridine rings is 2. The minimum absolute atomic E-state index is 0.0977. The van der Waals surface area contributed by atoms with Gasteiger partial charge in [-0.05, 0) is 36.4 Å². The third-order valence-electron chi connectivity index (χ3n) is 4.28. The summed E-state index contributed by atoms with van der Waals surface area (Å²) in [4.78, 5) is 25.8. The van der Waals surface area contributed by atoms with Gasteiger partial charge in [0.2, 0.25) is 11.6 Å². The largest absolute Gasteiger partial charge is 0.313 e. The van der Waals surface area contributed by atoms with E-state index < -0.39 is 0 Å². The molecule has 0 saturated carbocycles. The van der Waals surface area contributed by atoms with E-state index in [1.165, 1.54) is 0 Å². The highest BCUT2D eigenvalue weighted by Gasteiger charge is 2.35. The minimum Gasteiger partial charge on any atom is -0.313 e. The Labute approximate surface area is 125 Å². The molecule has 0 unspecified atom stereocenters. The van der Waals surface area contributed by atoms with Gasteiger partial charge in [0.15, 0.2) is 0 Å². The van der Waals surface area contributed by atoms with E-state index >= 15 is 0 Å². The molecule has 0 aliphatic heterocycles. The summed E-state index contributed by atoms with van der Waals surface area (Å²) in [5.74, 6) is -0.195. The number of hydrogen-bond donors (Lipinski definition) is 0. The van der Waals surface area contributed by atoms with Crippen LogP contribution in [0.4, 0.5) is 0 Å². The Kier molecular flexibility index (Phi) is 1.96. The van der Waals surface area contributed by atoms with E-state index in [1.807, 2.05) is 48.8 Å². The molecule has 4 nitrogen and oxygen atoms in total. The lowest BCUT2D eigenvalue weighted by Gasteiger charge is -2.12. The Morgan fingerprint density at radius 3 is 1.55 bits per heavy atom. The Morgan fingerprint density at radius 2 is 1.09 bits per heavy atom. The highest BCUT2D eigenvalue weighted by molar-refractivity contribution is 6.28. The Bertz CT molecular complexity index is 1020. The van der Waals surface area contributed by atoms with E-state index in [-0.39, 0.29) is 11.6 Å². The van der Waals surface area contributed by atoms with Gasteiger partial charge in [-0.1, -0.05) is 12.1 Å². The highest BCUT2D eigenvalue weighted by atomic mass is 16.1. The first-order chi connectivity index (χ1) is 10.8. The molecule has 4 heteroatoms. The van der Waals surface area contributed by atoms with Crippen LogP contribution in [0.3, 0.4) is 0 Å². The molecule has 104 valence electrons. The van der Waals surface area contributed by atoms with Crippen LogP contribution in [0.2, 0.25) is 0 Å². The van der Waals surface area contributed by atoms with Crippen molar-refractivity contribution in [3.63, 3.8) is 0 Å². The van der Waals surface area contributed by atoms with Crippen molar-refractivity contribution in [1.82, 2.24) is 8.80 Å². The molecule has 4 heterocycles. The Morgan fingerprint density at radius 1 is 0.636 bits per heavy atom. The fourth-order valence-electron chi connectivity index (χ4n) is 3.31. The van der Waals surface area contributed by atoms with Gasteiger partial charge in [0.05, 0.1) is 11.1 Å². The maximum absolute atomic E-state index is 12.9. The van der Waals surface area contributed by atoms with Crippen LogP contribution in [0.1, 0.15) is 32.1 Å². The van der Waals surface area contributed by atoms with Gasteiger partial charge in [0, 0.05) is 23.4 Å². The van der Waals surface area contributed by atoms with Crippen LogP contribution in [-0.2, 0) is 0 Å². The first kappa shape index (κ1) is 11.5. The second-order valence-electron chi connectivity index (χ2n) is 5.46. The lowest BCUT2D eigenvalue weighted by Crippen LogP contribution is -2.21. The summed E-state index contributed by atoms with van der Waals surface area (Å²) < 4.78 is 3.58. The van der Waals surface area contributed by atoms with Crippen molar-refractivity contribution >= 4 is 22.6 Å². The van der Waals surface area contributed by atoms with E-state index in [0.29, 0.717) is 22.5 Å². The van der Waals surface area contributed by atoms with Crippen LogP contribution in [0.5, 0.6) is 0 Å². The number of carbonyl (C=O) groups is 2. The maximum atomic E-state index is 12.9. The molecule has 0 aromatic carbocycles. The van der Waals surface area contributed by atoms with Gasteiger partial charge in [-0.2, -0.15) is 0 Å². The smallest absolute Gasteiger partial charge is 0.212 e. The number of ketones is 2. The summed E-state index contributed by atoms with van der Waals surface area (Å²) in [5.41, 5.74) is 3.59. The predicted molar refractivity (Wildman–Crippen MR) is 81.7 cm³/mol. The van der Waals surface area contributed by atoms with Gasteiger partial charge in [-0.15, -0.1) is 0 Å². The van der Waals surface area contributed by atoms with Gasteiger partial charge in [0.1, 0.15) is 11.4 Å². The minimum atomic E-state index is -0.0977. The number of rotatable bonds is 0. The van der Waals surface area contributed by atoms with Crippen molar-refractivity contribution in [1.29, 1.82) is 0 Å². The average molecular weight is 286 g/mol. The van der Waals surface area contributed by atoms with Crippen LogP contribution < -0.4 is 0 Å². The van der Waals surface area contributed by atoms with E-state index in [1.54, 1.807) is 20.9 Å². The van der Waals surface area contributed by atoms with Gasteiger partial charge in [0.25, 0.3) is 0 Å². The van der Waals surface area contributed by atoms with Crippen molar-refractivity contribution in [2.45, 2.75) is 0 Å². The monoisotopic (exact) mass is 286 g/mol. The standard InChI is InChI=1S/C18H10N2O2/c21-17-13-9-11-5-1-3-7-19(11)15(13)18(22)14-10-12-6-2-4-8-20(12)16(14)17/h1-10H. The van der Waals surface area contributed by atoms with Crippen molar-refractivity contribution < 1.29 is 9.59 Å². The van der Waals surface area contributed by atoms with E-state index in [0.717, 1.165) is 11.0 Å². The summed E-state index contributed by atoms with van der Waals surface area (Å²) in [7, 11) is 0. The number of aromatic nitrogens is 2. The van der Waals surface area contributed by atoms with Gasteiger partial charge in [-0.3, -0.25) is 9.59 Å². The van der Waals surface area contributed by atoms with Gasteiger partial charge >= 0.3 is 0 Å². The number of hydrogen-bond acceptors (Lipinski definition) is 2. The summed E-state index contributed by atoms with van der Waals surface area (Å²) >= 11 is 0. The normalized spacial score (nSPS) is 13.6. The molecule has 5 rings (SSSR count). The van der Waals surface area contributed by atoms with E-state index in [9.17, 15) is 9.59 Å². The van der Waals surface area contributed by atoms with Crippen molar-refractivity contribution in [3.8, 4) is 0 Å². The zero-order chi connectivity index (χ0) is 14.8. The molecule has 0 radical (unpaired) electrons. The van der Waals surface area contributed by atoms with Gasteiger partial charge in [-0.25, -0.2) is 0 Å². The van der Waals surface area contributed by atoms with Crippen molar-refractivity contribution in [2.75, 3.05) is 0 Å². The molecule has 0 amide bonds. The Balaban J connectivity index is 1.93. The quantitative estimate of drug-likeness (QED) is 0.439. The lowest BCUT2D eigenvalue weighted by atomic mass is 9.93. The number of carbonyl (C=O) groups excluding carboxylic acids is 2. The molecule has 0 saturated heterocycles. The summed E-state index contributed by atoms with van der Waals surface area (Å²) in [6.45, 7) is 0. The SMILES string of the molecule is O=C1c2cc3ccccn3c2C(=O)c2cc3ccccn3c21. The number of nitrogens with zero attached hydrogens (tertiary/aromatic N) is 2. The third kappa shape index (κ3) is 1.22. The maximum Gasteiger partial charge on any atom is 0.212 e. The molecule has 4 aromatic rings. The first-order valence-corrected chi connectivity index (χ1v) is 7.05. The second kappa shape index (κ2) is 3.74. The van der Waals surface area contributed by atoms with Crippen LogP contribution in [-0.4, -0.2) is 20.4 Å². The zero-order valence-corrected chi connectivity index (χ0v) is 11.5. The molecule has 0 bridgehead atoms. The summed E-state index contributed by atoms with van der Waals surface area (Å²) in [6.07, 6.45) is 3.64. The van der Waals surface area contributed by atoms with Crippen LogP contribution >= 0.6 is 0 Å². The Hall–Kier alpha value is -3.14. The topological polar surface area (TPSA) is 43.0 Å². The predicted octanol–water partition coefficient (Wildman–Crippen LogP) is 2.97. The zero-order valence-electron chi connectivity index (χ0n) is 11.5. The molecular formula is C18H10N2O2. The molecule has 0 atom stereocenters. The van der Waals surface area contributed by atoms with E-state index in [2.05, 4.69) is 0 Å². The molecule has 4 aromatic heterocycles.